The summed E-state index contributed by atoms with van der Waals surface area (Å²) in [6.07, 6.45) is 7.46. The minimum atomic E-state index is -0.245. The fourth-order valence-electron chi connectivity index (χ4n) is 3.78. The van der Waals surface area contributed by atoms with Crippen LogP contribution in [0.25, 0.3) is 28.0 Å². The van der Waals surface area contributed by atoms with Gasteiger partial charge in [0.05, 0.1) is 37.3 Å². The molecule has 5 rings (SSSR count). The molecule has 162 valence electrons. The number of aromatic nitrogens is 7. The van der Waals surface area contributed by atoms with Gasteiger partial charge in [-0.2, -0.15) is 14.8 Å². The van der Waals surface area contributed by atoms with Crippen molar-refractivity contribution in [2.45, 2.75) is 31.9 Å². The molecule has 0 radical (unpaired) electrons. The van der Waals surface area contributed by atoms with Gasteiger partial charge in [0, 0.05) is 23.7 Å². The summed E-state index contributed by atoms with van der Waals surface area (Å²) in [4.78, 5) is 8.77. The Hall–Kier alpha value is -3.81. The quantitative estimate of drug-likeness (QED) is 0.322. The van der Waals surface area contributed by atoms with Crippen LogP contribution in [-0.4, -0.2) is 57.7 Å². The molecule has 1 saturated carbocycles. The first kappa shape index (κ1) is 20.1. The molecule has 10 nitrogen and oxygen atoms in total. The van der Waals surface area contributed by atoms with E-state index in [1.165, 1.54) is 0 Å². The van der Waals surface area contributed by atoms with E-state index in [-0.39, 0.29) is 18.6 Å². The van der Waals surface area contributed by atoms with Gasteiger partial charge in [-0.3, -0.25) is 10.00 Å². The Morgan fingerprint density at radius 1 is 1.12 bits per heavy atom. The minimum absolute atomic E-state index is 0.0490. The van der Waals surface area contributed by atoms with Crippen LogP contribution in [0.1, 0.15) is 19.3 Å². The maximum absolute atomic E-state index is 9.61. The number of aliphatic hydroxyl groups is 2. The number of benzene rings is 1. The zero-order chi connectivity index (χ0) is 21.9. The summed E-state index contributed by atoms with van der Waals surface area (Å²) in [5, 5.41) is 34.2. The predicted octanol–water partition coefficient (Wildman–Crippen LogP) is 1.60. The van der Waals surface area contributed by atoms with Crippen LogP contribution >= 0.6 is 0 Å². The van der Waals surface area contributed by atoms with Gasteiger partial charge < -0.3 is 10.2 Å². The molecule has 3 N–H and O–H groups in total. The zero-order valence-electron chi connectivity index (χ0n) is 17.3. The normalized spacial score (nSPS) is 17.9. The molecule has 0 amide bonds. The molecule has 10 heteroatoms. The lowest BCUT2D eigenvalue weighted by atomic mass is 10.1. The third-order valence-corrected chi connectivity index (χ3v) is 5.46. The highest BCUT2D eigenvalue weighted by Gasteiger charge is 2.20. The van der Waals surface area contributed by atoms with Crippen molar-refractivity contribution in [3.05, 3.63) is 42.9 Å². The third kappa shape index (κ3) is 4.16. The molecule has 0 aliphatic heterocycles. The number of anilines is 1. The maximum atomic E-state index is 9.61. The standard InChI is InChI=1S/C22H22N8O2/c31-10-9-29-14-17(12-25-29)16-2-4-18(5-3-16)30-21-20(27-28-30)13-24-22(26-21)23-8-7-15-1-6-19(32)11-15/h2-5,12-15,19,31-32H,1,6,9-11H2,(H,23,24,26). The smallest absolute Gasteiger partial charge is 0.236 e. The Bertz CT molecular complexity index is 1280. The van der Waals surface area contributed by atoms with Crippen LogP contribution < -0.4 is 5.32 Å². The highest BCUT2D eigenvalue weighted by molar-refractivity contribution is 5.72. The van der Waals surface area contributed by atoms with E-state index in [9.17, 15) is 5.11 Å². The number of hydrogen-bond donors (Lipinski definition) is 3. The van der Waals surface area contributed by atoms with Crippen molar-refractivity contribution >= 4 is 17.1 Å². The number of nitrogens with one attached hydrogen (secondary N) is 1. The van der Waals surface area contributed by atoms with Crippen molar-refractivity contribution in [2.24, 2.45) is 5.92 Å². The first-order chi connectivity index (χ1) is 15.7. The first-order valence-electron chi connectivity index (χ1n) is 10.5. The SMILES string of the molecule is OCCn1cc(-c2ccc(-n3nnc4cnc(NC#CC5CCC(O)C5)nc43)cc2)cn1. The van der Waals surface area contributed by atoms with Crippen molar-refractivity contribution in [3.63, 3.8) is 0 Å². The molecule has 1 aromatic carbocycles. The third-order valence-electron chi connectivity index (χ3n) is 5.46. The fourth-order valence-corrected chi connectivity index (χ4v) is 3.78. The van der Waals surface area contributed by atoms with Crippen LogP contribution in [0.4, 0.5) is 5.95 Å². The summed E-state index contributed by atoms with van der Waals surface area (Å²) in [7, 11) is 0. The Morgan fingerprint density at radius 2 is 2.00 bits per heavy atom. The summed E-state index contributed by atoms with van der Waals surface area (Å²) in [5.41, 5.74) is 3.94. The van der Waals surface area contributed by atoms with Gasteiger partial charge in [-0.05, 0) is 37.0 Å². The molecule has 1 aliphatic rings. The van der Waals surface area contributed by atoms with Crippen molar-refractivity contribution in [1.29, 1.82) is 0 Å². The van der Waals surface area contributed by atoms with Gasteiger partial charge in [-0.1, -0.05) is 23.3 Å². The van der Waals surface area contributed by atoms with Crippen LogP contribution in [0.3, 0.4) is 0 Å². The fraction of sp³-hybridized carbons (Fsp3) is 0.318. The number of rotatable bonds is 5. The molecule has 2 unspecified atom stereocenters. The molecule has 0 bridgehead atoms. The molecule has 0 saturated heterocycles. The molecule has 0 spiro atoms. The molecule has 32 heavy (non-hydrogen) atoms. The zero-order valence-corrected chi connectivity index (χ0v) is 17.3. The van der Waals surface area contributed by atoms with E-state index in [1.54, 1.807) is 21.8 Å². The van der Waals surface area contributed by atoms with E-state index in [0.717, 1.165) is 29.7 Å². The van der Waals surface area contributed by atoms with Crippen molar-refractivity contribution in [1.82, 2.24) is 34.7 Å². The monoisotopic (exact) mass is 430 g/mol. The number of aliphatic hydroxyl groups excluding tert-OH is 2. The van der Waals surface area contributed by atoms with Crippen molar-refractivity contribution in [3.8, 4) is 28.8 Å². The van der Waals surface area contributed by atoms with E-state index in [2.05, 4.69) is 42.7 Å². The summed E-state index contributed by atoms with van der Waals surface area (Å²) >= 11 is 0. The Balaban J connectivity index is 1.35. The van der Waals surface area contributed by atoms with Gasteiger partial charge in [0.25, 0.3) is 0 Å². The number of nitrogens with zero attached hydrogens (tertiary/aromatic N) is 7. The summed E-state index contributed by atoms with van der Waals surface area (Å²) in [6, 6.07) is 10.7. The molecule has 4 aromatic rings. The van der Waals surface area contributed by atoms with Crippen LogP contribution in [0.15, 0.2) is 42.9 Å². The van der Waals surface area contributed by atoms with E-state index < -0.39 is 0 Å². The van der Waals surface area contributed by atoms with E-state index in [1.807, 2.05) is 30.5 Å². The largest absolute Gasteiger partial charge is 0.394 e. The second-order valence-corrected chi connectivity index (χ2v) is 7.72. The molecule has 1 fully saturated rings. The highest BCUT2D eigenvalue weighted by atomic mass is 16.3. The van der Waals surface area contributed by atoms with Crippen molar-refractivity contribution in [2.75, 3.05) is 11.9 Å². The maximum Gasteiger partial charge on any atom is 0.236 e. The van der Waals surface area contributed by atoms with E-state index >= 15 is 0 Å². The topological polar surface area (TPSA) is 127 Å². The molecule has 3 aromatic heterocycles. The second kappa shape index (κ2) is 8.74. The van der Waals surface area contributed by atoms with Crippen LogP contribution in [0.5, 0.6) is 0 Å². The van der Waals surface area contributed by atoms with Gasteiger partial charge in [-0.15, -0.1) is 5.10 Å². The van der Waals surface area contributed by atoms with E-state index in [0.29, 0.717) is 30.1 Å². The lowest BCUT2D eigenvalue weighted by Crippen LogP contribution is -2.02. The molecular weight excluding hydrogens is 408 g/mol. The molecule has 3 heterocycles. The van der Waals surface area contributed by atoms with Gasteiger partial charge in [-0.25, -0.2) is 4.98 Å². The minimum Gasteiger partial charge on any atom is -0.394 e. The van der Waals surface area contributed by atoms with Gasteiger partial charge in [0.1, 0.15) is 0 Å². The summed E-state index contributed by atoms with van der Waals surface area (Å²) < 4.78 is 3.36. The lowest BCUT2D eigenvalue weighted by molar-refractivity contribution is 0.180. The van der Waals surface area contributed by atoms with Crippen molar-refractivity contribution < 1.29 is 10.2 Å². The Morgan fingerprint density at radius 3 is 2.78 bits per heavy atom. The first-order valence-corrected chi connectivity index (χ1v) is 10.5. The van der Waals surface area contributed by atoms with Crippen LogP contribution in [0.2, 0.25) is 0 Å². The van der Waals surface area contributed by atoms with Crippen LogP contribution in [0, 0.1) is 17.9 Å². The van der Waals surface area contributed by atoms with E-state index in [4.69, 9.17) is 5.11 Å². The molecule has 2 atom stereocenters. The molecular formula is C22H22N8O2. The Kier molecular flexibility index (Phi) is 5.49. The summed E-state index contributed by atoms with van der Waals surface area (Å²) in [5.74, 6) is 3.69. The average Bonchev–Trinajstić information content (AvgIpc) is 3.54. The average molecular weight is 430 g/mol. The number of fused-ring (bicyclic) bond motifs is 1. The van der Waals surface area contributed by atoms with Gasteiger partial charge >= 0.3 is 0 Å². The second-order valence-electron chi connectivity index (χ2n) is 7.72. The lowest BCUT2D eigenvalue weighted by Gasteiger charge is -2.04. The van der Waals surface area contributed by atoms with Crippen LogP contribution in [-0.2, 0) is 6.54 Å². The molecule has 1 aliphatic carbocycles. The van der Waals surface area contributed by atoms with Gasteiger partial charge in [0.2, 0.25) is 5.95 Å². The highest BCUT2D eigenvalue weighted by Crippen LogP contribution is 2.24. The number of hydrogen-bond acceptors (Lipinski definition) is 8. The van der Waals surface area contributed by atoms with Gasteiger partial charge in [0.15, 0.2) is 11.2 Å². The Labute approximate surface area is 183 Å². The summed E-state index contributed by atoms with van der Waals surface area (Å²) in [6.45, 7) is 0.513. The predicted molar refractivity (Wildman–Crippen MR) is 118 cm³/mol.